The molecule has 0 aromatic heterocycles. The molecule has 1 heteroatoms. The molecule has 1 aromatic rings. The third-order valence-electron chi connectivity index (χ3n) is 3.45. The van der Waals surface area contributed by atoms with Crippen molar-refractivity contribution >= 4 is 0 Å². The Balaban J connectivity index is 2.53. The van der Waals surface area contributed by atoms with Gasteiger partial charge in [-0.25, -0.2) is 0 Å². The summed E-state index contributed by atoms with van der Waals surface area (Å²) in [6.07, 6.45) is 5.19. The minimum Gasteiger partial charge on any atom is -0.307 e. The molecule has 0 heterocycles. The van der Waals surface area contributed by atoms with Gasteiger partial charge < -0.3 is 5.32 Å². The average Bonchev–Trinajstić information content (AvgIpc) is 2.36. The molecule has 0 aliphatic carbocycles. The van der Waals surface area contributed by atoms with Crippen molar-refractivity contribution in [1.29, 1.82) is 0 Å². The Labute approximate surface area is 113 Å². The molecule has 1 rings (SSSR count). The fraction of sp³-hybridized carbons (Fsp3) is 0.647. The fourth-order valence-corrected chi connectivity index (χ4v) is 2.48. The third-order valence-corrected chi connectivity index (χ3v) is 3.45. The van der Waals surface area contributed by atoms with Crippen LogP contribution in [-0.4, -0.2) is 6.04 Å². The number of rotatable bonds is 8. The topological polar surface area (TPSA) is 12.0 Å². The minimum atomic E-state index is 0.451. The summed E-state index contributed by atoms with van der Waals surface area (Å²) in [5, 5.41) is 3.80. The van der Waals surface area contributed by atoms with E-state index >= 15 is 0 Å². The highest BCUT2D eigenvalue weighted by Gasteiger charge is 2.14. The molecule has 2 atom stereocenters. The van der Waals surface area contributed by atoms with Crippen molar-refractivity contribution in [3.05, 3.63) is 35.9 Å². The molecule has 0 saturated carbocycles. The summed E-state index contributed by atoms with van der Waals surface area (Å²) in [6.45, 7) is 9.17. The number of nitrogens with one attached hydrogen (secondary N) is 1. The van der Waals surface area contributed by atoms with Gasteiger partial charge in [0.2, 0.25) is 0 Å². The molecular formula is C17H29N. The lowest BCUT2D eigenvalue weighted by Crippen LogP contribution is -2.32. The molecule has 0 radical (unpaired) electrons. The normalized spacial score (nSPS) is 14.7. The van der Waals surface area contributed by atoms with E-state index in [9.17, 15) is 0 Å². The zero-order valence-corrected chi connectivity index (χ0v) is 12.4. The second kappa shape index (κ2) is 8.31. The van der Waals surface area contributed by atoms with E-state index in [2.05, 4.69) is 63.3 Å². The van der Waals surface area contributed by atoms with E-state index < -0.39 is 0 Å². The van der Waals surface area contributed by atoms with Gasteiger partial charge in [0.25, 0.3) is 0 Å². The van der Waals surface area contributed by atoms with Crippen LogP contribution in [0.5, 0.6) is 0 Å². The van der Waals surface area contributed by atoms with E-state index in [1.165, 1.54) is 31.2 Å². The molecule has 1 aromatic carbocycles. The quantitative estimate of drug-likeness (QED) is 0.686. The predicted octanol–water partition coefficient (Wildman–Crippen LogP) is 4.94. The van der Waals surface area contributed by atoms with Crippen LogP contribution in [-0.2, 0) is 0 Å². The molecule has 0 unspecified atom stereocenters. The van der Waals surface area contributed by atoms with Crippen LogP contribution in [0.25, 0.3) is 0 Å². The van der Waals surface area contributed by atoms with Gasteiger partial charge in [0.15, 0.2) is 0 Å². The van der Waals surface area contributed by atoms with E-state index in [-0.39, 0.29) is 0 Å². The van der Waals surface area contributed by atoms with Crippen LogP contribution in [0.2, 0.25) is 0 Å². The van der Waals surface area contributed by atoms with Crippen LogP contribution in [0.4, 0.5) is 0 Å². The molecular weight excluding hydrogens is 218 g/mol. The van der Waals surface area contributed by atoms with Crippen LogP contribution < -0.4 is 5.32 Å². The first kappa shape index (κ1) is 15.2. The van der Waals surface area contributed by atoms with Gasteiger partial charge in [-0.15, -0.1) is 0 Å². The van der Waals surface area contributed by atoms with Gasteiger partial charge in [-0.1, -0.05) is 63.9 Å². The Kier molecular flexibility index (Phi) is 7.04. The monoisotopic (exact) mass is 247 g/mol. The second-order valence-electron chi connectivity index (χ2n) is 5.77. The van der Waals surface area contributed by atoms with Crippen LogP contribution in [0.1, 0.15) is 65.0 Å². The summed E-state index contributed by atoms with van der Waals surface area (Å²) in [5.41, 5.74) is 1.39. The molecule has 18 heavy (non-hydrogen) atoms. The third kappa shape index (κ3) is 5.68. The second-order valence-corrected chi connectivity index (χ2v) is 5.77. The van der Waals surface area contributed by atoms with Crippen molar-refractivity contribution in [3.8, 4) is 0 Å². The minimum absolute atomic E-state index is 0.451. The van der Waals surface area contributed by atoms with Crippen molar-refractivity contribution in [1.82, 2.24) is 5.32 Å². The molecule has 0 aliphatic rings. The van der Waals surface area contributed by atoms with E-state index in [1.807, 2.05) is 0 Å². The predicted molar refractivity (Wildman–Crippen MR) is 80.8 cm³/mol. The molecule has 102 valence electrons. The lowest BCUT2D eigenvalue weighted by Gasteiger charge is -2.25. The molecule has 0 saturated heterocycles. The highest BCUT2D eigenvalue weighted by atomic mass is 14.9. The summed E-state index contributed by atoms with van der Waals surface area (Å²) >= 11 is 0. The van der Waals surface area contributed by atoms with Crippen LogP contribution >= 0.6 is 0 Å². The van der Waals surface area contributed by atoms with Gasteiger partial charge >= 0.3 is 0 Å². The summed E-state index contributed by atoms with van der Waals surface area (Å²) in [5.74, 6) is 0.766. The Hall–Kier alpha value is -0.820. The largest absolute Gasteiger partial charge is 0.307 e. The Morgan fingerprint density at radius 1 is 1.06 bits per heavy atom. The Morgan fingerprint density at radius 3 is 2.28 bits per heavy atom. The fourth-order valence-electron chi connectivity index (χ4n) is 2.48. The van der Waals surface area contributed by atoms with E-state index in [0.29, 0.717) is 12.1 Å². The molecule has 0 fully saturated rings. The highest BCUT2D eigenvalue weighted by molar-refractivity contribution is 5.18. The van der Waals surface area contributed by atoms with Crippen LogP contribution in [0, 0.1) is 5.92 Å². The number of hydrogen-bond acceptors (Lipinski definition) is 1. The maximum absolute atomic E-state index is 3.80. The van der Waals surface area contributed by atoms with Crippen molar-refractivity contribution in [3.63, 3.8) is 0 Å². The summed E-state index contributed by atoms with van der Waals surface area (Å²) in [4.78, 5) is 0. The highest BCUT2D eigenvalue weighted by Crippen LogP contribution is 2.17. The SMILES string of the molecule is CCCC[C@@H](CC(C)C)N[C@@H](C)c1ccccc1. The first-order valence-corrected chi connectivity index (χ1v) is 7.44. The van der Waals surface area contributed by atoms with Crippen LogP contribution in [0.15, 0.2) is 30.3 Å². The molecule has 0 spiro atoms. The number of benzene rings is 1. The van der Waals surface area contributed by atoms with Crippen LogP contribution in [0.3, 0.4) is 0 Å². The molecule has 1 nitrogen and oxygen atoms in total. The first-order chi connectivity index (χ1) is 8.63. The van der Waals surface area contributed by atoms with Crippen molar-refractivity contribution in [2.75, 3.05) is 0 Å². The Morgan fingerprint density at radius 2 is 1.72 bits per heavy atom. The van der Waals surface area contributed by atoms with E-state index in [1.54, 1.807) is 0 Å². The van der Waals surface area contributed by atoms with Gasteiger partial charge in [-0.05, 0) is 31.2 Å². The summed E-state index contributed by atoms with van der Waals surface area (Å²) < 4.78 is 0. The maximum atomic E-state index is 3.80. The van der Waals surface area contributed by atoms with Crippen molar-refractivity contribution in [2.45, 2.75) is 65.5 Å². The van der Waals surface area contributed by atoms with Crippen molar-refractivity contribution < 1.29 is 0 Å². The zero-order chi connectivity index (χ0) is 13.4. The first-order valence-electron chi connectivity index (χ1n) is 7.44. The van der Waals surface area contributed by atoms with Gasteiger partial charge in [0, 0.05) is 12.1 Å². The van der Waals surface area contributed by atoms with E-state index in [4.69, 9.17) is 0 Å². The van der Waals surface area contributed by atoms with E-state index in [0.717, 1.165) is 5.92 Å². The number of hydrogen-bond donors (Lipinski definition) is 1. The molecule has 0 bridgehead atoms. The lowest BCUT2D eigenvalue weighted by atomic mass is 9.97. The molecule has 0 aliphatic heterocycles. The lowest BCUT2D eigenvalue weighted by molar-refractivity contribution is 0.360. The van der Waals surface area contributed by atoms with Gasteiger partial charge in [0.1, 0.15) is 0 Å². The average molecular weight is 247 g/mol. The van der Waals surface area contributed by atoms with Gasteiger partial charge in [-0.3, -0.25) is 0 Å². The number of unbranched alkanes of at least 4 members (excludes halogenated alkanes) is 1. The van der Waals surface area contributed by atoms with Crippen molar-refractivity contribution in [2.24, 2.45) is 5.92 Å². The smallest absolute Gasteiger partial charge is 0.0294 e. The molecule has 1 N–H and O–H groups in total. The van der Waals surface area contributed by atoms with Gasteiger partial charge in [0.05, 0.1) is 0 Å². The summed E-state index contributed by atoms with van der Waals surface area (Å²) in [7, 11) is 0. The molecule has 0 amide bonds. The maximum Gasteiger partial charge on any atom is 0.0294 e. The standard InChI is InChI=1S/C17H29N/c1-5-6-12-17(13-14(2)3)18-15(4)16-10-8-7-9-11-16/h7-11,14-15,17-18H,5-6,12-13H2,1-4H3/t15-,17-/m0/s1. The zero-order valence-electron chi connectivity index (χ0n) is 12.4. The summed E-state index contributed by atoms with van der Waals surface area (Å²) in [6, 6.07) is 11.9. The Bertz CT molecular complexity index is 305. The van der Waals surface area contributed by atoms with Gasteiger partial charge in [-0.2, -0.15) is 0 Å².